The van der Waals surface area contributed by atoms with Crippen molar-refractivity contribution in [2.45, 2.75) is 57.6 Å². The molecule has 2 unspecified atom stereocenters. The van der Waals surface area contributed by atoms with Crippen LogP contribution >= 0.6 is 0 Å². The Hall–Kier alpha value is -3.69. The molecule has 2 fully saturated rings. The summed E-state index contributed by atoms with van der Waals surface area (Å²) in [6.45, 7) is 6.44. The lowest BCUT2D eigenvalue weighted by Gasteiger charge is -2.48. The van der Waals surface area contributed by atoms with Crippen LogP contribution in [0.25, 0.3) is 11.1 Å². The maximum absolute atomic E-state index is 14.2. The molecule has 0 bridgehead atoms. The molecule has 2 aromatic rings. The van der Waals surface area contributed by atoms with Gasteiger partial charge >= 0.3 is 0 Å². The quantitative estimate of drug-likeness (QED) is 0.482. The number of benzene rings is 2. The number of fused-ring (bicyclic) bond motifs is 3. The Morgan fingerprint density at radius 2 is 1.76 bits per heavy atom. The maximum atomic E-state index is 14.2. The summed E-state index contributed by atoms with van der Waals surface area (Å²) in [5.74, 6) is -10.1. The number of ketones is 4. The largest absolute Gasteiger partial charge is 0.507 e. The molecule has 0 radical (unpaired) electrons. The fourth-order valence-electron chi connectivity index (χ4n) is 7.07. The normalized spacial score (nSPS) is 27.9. The highest BCUT2D eigenvalue weighted by Crippen LogP contribution is 2.52. The van der Waals surface area contributed by atoms with Crippen LogP contribution in [0.15, 0.2) is 30.3 Å². The number of amides is 1. The minimum Gasteiger partial charge on any atom is -0.507 e. The van der Waals surface area contributed by atoms with E-state index >= 15 is 0 Å². The second-order valence-corrected chi connectivity index (χ2v) is 13.1. The first-order valence-corrected chi connectivity index (χ1v) is 13.9. The van der Waals surface area contributed by atoms with Crippen molar-refractivity contribution in [2.24, 2.45) is 29.4 Å². The van der Waals surface area contributed by atoms with Gasteiger partial charge in [-0.15, -0.1) is 0 Å². The van der Waals surface area contributed by atoms with Crippen LogP contribution in [0.4, 0.5) is 0 Å². The van der Waals surface area contributed by atoms with Crippen LogP contribution in [0.5, 0.6) is 5.75 Å². The molecular formula is C32H36N2O7. The van der Waals surface area contributed by atoms with Gasteiger partial charge in [-0.3, -0.25) is 24.0 Å². The highest BCUT2D eigenvalue weighted by atomic mass is 16.3. The van der Waals surface area contributed by atoms with E-state index in [1.807, 2.05) is 70.1 Å². The highest BCUT2D eigenvalue weighted by molar-refractivity contribution is 6.31. The first-order valence-electron chi connectivity index (χ1n) is 13.9. The number of rotatable bonds is 4. The third-order valence-corrected chi connectivity index (χ3v) is 8.95. The van der Waals surface area contributed by atoms with E-state index in [1.165, 1.54) is 0 Å². The second-order valence-electron chi connectivity index (χ2n) is 13.1. The van der Waals surface area contributed by atoms with Gasteiger partial charge in [0, 0.05) is 24.4 Å². The summed E-state index contributed by atoms with van der Waals surface area (Å²) in [5.41, 5.74) is 5.91. The zero-order chi connectivity index (χ0) is 30.2. The van der Waals surface area contributed by atoms with E-state index in [9.17, 15) is 34.2 Å². The topological polar surface area (TPSA) is 155 Å². The van der Waals surface area contributed by atoms with Crippen LogP contribution < -0.4 is 5.73 Å². The van der Waals surface area contributed by atoms with E-state index in [0.717, 1.165) is 16.7 Å². The Kier molecular flexibility index (Phi) is 6.82. The Morgan fingerprint density at radius 1 is 1.07 bits per heavy atom. The number of carbonyl (C=O) groups is 5. The number of carbonyl (C=O) groups excluding carboxylic acids is 5. The molecule has 0 spiro atoms. The Morgan fingerprint density at radius 3 is 2.37 bits per heavy atom. The number of phenols is 1. The summed E-state index contributed by atoms with van der Waals surface area (Å²) < 4.78 is 0. The monoisotopic (exact) mass is 560 g/mol. The smallest absolute Gasteiger partial charge is 0.235 e. The molecule has 3 aliphatic carbocycles. The summed E-state index contributed by atoms with van der Waals surface area (Å²) in [4.78, 5) is 67.9. The van der Waals surface area contributed by atoms with Crippen molar-refractivity contribution in [3.05, 3.63) is 52.6 Å². The predicted molar refractivity (Wildman–Crippen MR) is 150 cm³/mol. The molecule has 1 amide bonds. The maximum Gasteiger partial charge on any atom is 0.235 e. The summed E-state index contributed by atoms with van der Waals surface area (Å²) >= 11 is 0. The van der Waals surface area contributed by atoms with Gasteiger partial charge in [-0.05, 0) is 72.7 Å². The summed E-state index contributed by atoms with van der Waals surface area (Å²) in [6.07, 6.45) is -0.0701. The van der Waals surface area contributed by atoms with Crippen LogP contribution in [-0.4, -0.2) is 63.8 Å². The van der Waals surface area contributed by atoms with Crippen LogP contribution in [-0.2, 0) is 37.6 Å². The summed E-state index contributed by atoms with van der Waals surface area (Å²) in [6, 6.07) is 9.85. The SMILES string of the molecule is CN(C)Cc1cccc(-c2cc(C(C)(C)C)c(O)c3c2C[C@H]2C[C@H]4CC(=O)C(C(N)=O)C(=O)[C@@]4(O)C(=O)C2C3=O)c1. The van der Waals surface area contributed by atoms with Crippen molar-refractivity contribution in [1.82, 2.24) is 4.90 Å². The number of aromatic hydroxyl groups is 1. The van der Waals surface area contributed by atoms with E-state index in [4.69, 9.17) is 5.73 Å². The average molecular weight is 561 g/mol. The van der Waals surface area contributed by atoms with E-state index < -0.39 is 63.7 Å². The lowest BCUT2D eigenvalue weighted by atomic mass is 9.53. The van der Waals surface area contributed by atoms with Crippen molar-refractivity contribution in [3.63, 3.8) is 0 Å². The molecule has 0 aliphatic heterocycles. The molecule has 4 N–H and O–H groups in total. The summed E-state index contributed by atoms with van der Waals surface area (Å²) in [7, 11) is 3.94. The van der Waals surface area contributed by atoms with E-state index in [1.54, 1.807) is 0 Å². The van der Waals surface area contributed by atoms with Gasteiger partial charge < -0.3 is 20.8 Å². The molecule has 216 valence electrons. The fraction of sp³-hybridized carbons (Fsp3) is 0.469. The Balaban J connectivity index is 1.68. The molecule has 0 saturated heterocycles. The van der Waals surface area contributed by atoms with Gasteiger partial charge in [-0.25, -0.2) is 0 Å². The summed E-state index contributed by atoms with van der Waals surface area (Å²) in [5, 5.41) is 23.0. The fourth-order valence-corrected chi connectivity index (χ4v) is 7.07. The molecule has 3 aliphatic rings. The van der Waals surface area contributed by atoms with E-state index in [0.29, 0.717) is 17.7 Å². The number of Topliss-reactive ketones (excluding diaryl/α,β-unsaturated/α-hetero) is 4. The van der Waals surface area contributed by atoms with Crippen molar-refractivity contribution in [3.8, 4) is 16.9 Å². The molecule has 2 saturated carbocycles. The van der Waals surface area contributed by atoms with Gasteiger partial charge in [0.1, 0.15) is 5.75 Å². The number of hydrogen-bond acceptors (Lipinski definition) is 8. The standard InChI is InChI=1S/C32H36N2O7/c1-31(2,3)21-13-19(16-8-6-7-15(9-16)14-34(4)5)20-11-17-10-18-12-22(35)25(30(33)40)29(39)32(18,41)28(38)23(17)27(37)24(20)26(21)36/h6-9,13,17-18,23,25,36,41H,10-12,14H2,1-5H3,(H2,33,40)/t17-,18+,23?,25?,32+/m1/s1. The van der Waals surface area contributed by atoms with E-state index in [2.05, 4.69) is 0 Å². The molecule has 5 atom stereocenters. The average Bonchev–Trinajstić information content (AvgIpc) is 2.85. The van der Waals surface area contributed by atoms with Gasteiger partial charge in [-0.1, -0.05) is 39.0 Å². The van der Waals surface area contributed by atoms with Crippen LogP contribution in [0.3, 0.4) is 0 Å². The third-order valence-electron chi connectivity index (χ3n) is 8.95. The molecule has 2 aromatic carbocycles. The van der Waals surface area contributed by atoms with Crippen molar-refractivity contribution in [2.75, 3.05) is 14.1 Å². The first kappa shape index (κ1) is 28.8. The zero-order valence-corrected chi connectivity index (χ0v) is 24.0. The van der Waals surface area contributed by atoms with Crippen molar-refractivity contribution in [1.29, 1.82) is 0 Å². The number of nitrogens with two attached hydrogens (primary N) is 1. The number of hydrogen-bond donors (Lipinski definition) is 3. The minimum absolute atomic E-state index is 0.0212. The van der Waals surface area contributed by atoms with Gasteiger partial charge in [-0.2, -0.15) is 0 Å². The van der Waals surface area contributed by atoms with E-state index in [-0.39, 0.29) is 30.6 Å². The second kappa shape index (κ2) is 9.70. The highest BCUT2D eigenvalue weighted by Gasteiger charge is 2.66. The van der Waals surface area contributed by atoms with Crippen LogP contribution in [0.2, 0.25) is 0 Å². The van der Waals surface area contributed by atoms with Gasteiger partial charge in [0.15, 0.2) is 34.7 Å². The zero-order valence-electron chi connectivity index (χ0n) is 24.0. The lowest BCUT2D eigenvalue weighted by Crippen LogP contribution is -2.68. The van der Waals surface area contributed by atoms with Gasteiger partial charge in [0.25, 0.3) is 0 Å². The molecular weight excluding hydrogens is 524 g/mol. The minimum atomic E-state index is -2.66. The molecule has 9 nitrogen and oxygen atoms in total. The number of aliphatic hydroxyl groups is 1. The molecule has 5 rings (SSSR count). The number of phenolic OH excluding ortho intramolecular Hbond substituents is 1. The van der Waals surface area contributed by atoms with Gasteiger partial charge in [0.2, 0.25) is 5.91 Å². The first-order chi connectivity index (χ1) is 19.1. The predicted octanol–water partition coefficient (Wildman–Crippen LogP) is 2.35. The number of nitrogens with zero attached hydrogens (tertiary/aromatic N) is 1. The lowest BCUT2D eigenvalue weighted by molar-refractivity contribution is -0.175. The Labute approximate surface area is 238 Å². The molecule has 0 aromatic heterocycles. The number of primary amides is 1. The van der Waals surface area contributed by atoms with Crippen molar-refractivity contribution < 1.29 is 34.2 Å². The van der Waals surface area contributed by atoms with Crippen molar-refractivity contribution >= 4 is 29.0 Å². The molecule has 41 heavy (non-hydrogen) atoms. The molecule has 9 heteroatoms. The van der Waals surface area contributed by atoms with Crippen LogP contribution in [0.1, 0.15) is 60.7 Å². The van der Waals surface area contributed by atoms with Crippen LogP contribution in [0, 0.1) is 23.7 Å². The Bertz CT molecular complexity index is 1520. The third kappa shape index (κ3) is 4.42. The molecule has 0 heterocycles. The van der Waals surface area contributed by atoms with Gasteiger partial charge in [0.05, 0.1) is 11.5 Å².